The van der Waals surface area contributed by atoms with Gasteiger partial charge in [0.2, 0.25) is 5.91 Å². The molecule has 0 bridgehead atoms. The number of ether oxygens (including phenoxy) is 1. The maximum Gasteiger partial charge on any atom is 0.227 e. The van der Waals surface area contributed by atoms with E-state index in [4.69, 9.17) is 10.5 Å². The van der Waals surface area contributed by atoms with Crippen LogP contribution in [0.1, 0.15) is 39.2 Å². The standard InChI is InChI=1S/C17H28N2O2/c1-5-17(6-2,12-18)16(20)19-13(3)10-14-8-7-9-15(11-14)21-4/h7-9,11,13H,5-6,10,12,18H2,1-4H3,(H,19,20). The number of hydrogen-bond acceptors (Lipinski definition) is 3. The van der Waals surface area contributed by atoms with E-state index in [0.29, 0.717) is 6.54 Å². The van der Waals surface area contributed by atoms with Crippen molar-refractivity contribution in [3.63, 3.8) is 0 Å². The van der Waals surface area contributed by atoms with Gasteiger partial charge in [-0.1, -0.05) is 26.0 Å². The summed E-state index contributed by atoms with van der Waals surface area (Å²) in [6, 6.07) is 7.98. The highest BCUT2D eigenvalue weighted by Crippen LogP contribution is 2.25. The molecule has 0 fully saturated rings. The first-order valence-corrected chi connectivity index (χ1v) is 7.65. The number of carbonyl (C=O) groups is 1. The highest BCUT2D eigenvalue weighted by Gasteiger charge is 2.33. The zero-order valence-corrected chi connectivity index (χ0v) is 13.6. The number of amides is 1. The summed E-state index contributed by atoms with van der Waals surface area (Å²) in [6.45, 7) is 6.44. The second kappa shape index (κ2) is 8.03. The van der Waals surface area contributed by atoms with Crippen molar-refractivity contribution in [2.75, 3.05) is 13.7 Å². The molecule has 0 aromatic heterocycles. The molecule has 0 aliphatic rings. The SMILES string of the molecule is CCC(CC)(CN)C(=O)NC(C)Cc1cccc(OC)c1. The Morgan fingerprint density at radius 2 is 2.05 bits per heavy atom. The molecule has 1 aromatic carbocycles. The summed E-state index contributed by atoms with van der Waals surface area (Å²) in [5, 5.41) is 3.10. The summed E-state index contributed by atoms with van der Waals surface area (Å²) < 4.78 is 5.22. The largest absolute Gasteiger partial charge is 0.497 e. The van der Waals surface area contributed by atoms with Gasteiger partial charge in [0.1, 0.15) is 5.75 Å². The fraction of sp³-hybridized carbons (Fsp3) is 0.588. The molecule has 1 amide bonds. The zero-order chi connectivity index (χ0) is 15.9. The van der Waals surface area contributed by atoms with Crippen LogP contribution in [0.25, 0.3) is 0 Å². The van der Waals surface area contributed by atoms with Crippen LogP contribution in [0.4, 0.5) is 0 Å². The fourth-order valence-electron chi connectivity index (χ4n) is 2.53. The third kappa shape index (κ3) is 4.46. The third-order valence-electron chi connectivity index (χ3n) is 4.28. The van der Waals surface area contributed by atoms with Gasteiger partial charge < -0.3 is 15.8 Å². The lowest BCUT2D eigenvalue weighted by atomic mass is 9.81. The van der Waals surface area contributed by atoms with E-state index in [1.54, 1.807) is 7.11 Å². The van der Waals surface area contributed by atoms with Crippen molar-refractivity contribution in [2.45, 2.75) is 46.1 Å². The van der Waals surface area contributed by atoms with Crippen LogP contribution in [0.5, 0.6) is 5.75 Å². The van der Waals surface area contributed by atoms with Crippen LogP contribution in [-0.2, 0) is 11.2 Å². The van der Waals surface area contributed by atoms with Crippen molar-refractivity contribution in [3.8, 4) is 5.75 Å². The summed E-state index contributed by atoms with van der Waals surface area (Å²) >= 11 is 0. The lowest BCUT2D eigenvalue weighted by Crippen LogP contribution is -2.48. The minimum absolute atomic E-state index is 0.0606. The van der Waals surface area contributed by atoms with Crippen LogP contribution in [-0.4, -0.2) is 25.6 Å². The van der Waals surface area contributed by atoms with Crippen molar-refractivity contribution in [1.29, 1.82) is 0 Å². The van der Waals surface area contributed by atoms with E-state index in [1.807, 2.05) is 45.0 Å². The monoisotopic (exact) mass is 292 g/mol. The molecule has 21 heavy (non-hydrogen) atoms. The average molecular weight is 292 g/mol. The number of carbonyl (C=O) groups excluding carboxylic acids is 1. The third-order valence-corrected chi connectivity index (χ3v) is 4.28. The predicted octanol–water partition coefficient (Wildman–Crippen LogP) is 2.51. The Labute approximate surface area is 128 Å². The molecule has 1 unspecified atom stereocenters. The van der Waals surface area contributed by atoms with E-state index in [1.165, 1.54) is 0 Å². The van der Waals surface area contributed by atoms with Crippen LogP contribution < -0.4 is 15.8 Å². The molecule has 118 valence electrons. The Kier molecular flexibility index (Phi) is 6.69. The molecule has 1 aromatic rings. The zero-order valence-electron chi connectivity index (χ0n) is 13.6. The summed E-state index contributed by atoms with van der Waals surface area (Å²) in [6.07, 6.45) is 2.30. The number of benzene rings is 1. The lowest BCUT2D eigenvalue weighted by molar-refractivity contribution is -0.131. The van der Waals surface area contributed by atoms with E-state index >= 15 is 0 Å². The van der Waals surface area contributed by atoms with Gasteiger partial charge >= 0.3 is 0 Å². The molecule has 4 nitrogen and oxygen atoms in total. The van der Waals surface area contributed by atoms with E-state index in [2.05, 4.69) is 5.32 Å². The van der Waals surface area contributed by atoms with Gasteiger partial charge in [0, 0.05) is 12.6 Å². The van der Waals surface area contributed by atoms with Crippen molar-refractivity contribution in [2.24, 2.45) is 11.1 Å². The van der Waals surface area contributed by atoms with E-state index in [0.717, 1.165) is 30.6 Å². The summed E-state index contributed by atoms with van der Waals surface area (Å²) in [5.41, 5.74) is 6.52. The summed E-state index contributed by atoms with van der Waals surface area (Å²) in [4.78, 5) is 12.5. The first-order valence-electron chi connectivity index (χ1n) is 7.65. The number of hydrogen-bond donors (Lipinski definition) is 2. The topological polar surface area (TPSA) is 64.4 Å². The molecule has 0 saturated carbocycles. The Bertz CT molecular complexity index is 448. The van der Waals surface area contributed by atoms with E-state index in [-0.39, 0.29) is 11.9 Å². The molecule has 0 spiro atoms. The minimum Gasteiger partial charge on any atom is -0.497 e. The second-order valence-corrected chi connectivity index (χ2v) is 5.62. The Balaban J connectivity index is 2.68. The number of rotatable bonds is 8. The Morgan fingerprint density at radius 3 is 2.57 bits per heavy atom. The molecule has 0 radical (unpaired) electrons. The average Bonchev–Trinajstić information content (AvgIpc) is 2.49. The molecule has 3 N–H and O–H groups in total. The first-order chi connectivity index (χ1) is 10.0. The Morgan fingerprint density at radius 1 is 1.38 bits per heavy atom. The number of methoxy groups -OCH3 is 1. The van der Waals surface area contributed by atoms with E-state index < -0.39 is 5.41 Å². The Hall–Kier alpha value is -1.55. The van der Waals surface area contributed by atoms with Crippen molar-refractivity contribution in [3.05, 3.63) is 29.8 Å². The molecular formula is C17H28N2O2. The molecule has 4 heteroatoms. The van der Waals surface area contributed by atoms with Crippen LogP contribution in [0, 0.1) is 5.41 Å². The molecule has 0 aliphatic heterocycles. The van der Waals surface area contributed by atoms with Crippen LogP contribution >= 0.6 is 0 Å². The highest BCUT2D eigenvalue weighted by atomic mass is 16.5. The highest BCUT2D eigenvalue weighted by molar-refractivity contribution is 5.83. The van der Waals surface area contributed by atoms with Crippen molar-refractivity contribution >= 4 is 5.91 Å². The molecule has 0 heterocycles. The maximum absolute atomic E-state index is 12.5. The predicted molar refractivity (Wildman–Crippen MR) is 86.4 cm³/mol. The quantitative estimate of drug-likeness (QED) is 0.774. The van der Waals surface area contributed by atoms with Gasteiger partial charge in [-0.15, -0.1) is 0 Å². The van der Waals surface area contributed by atoms with Crippen LogP contribution in [0.15, 0.2) is 24.3 Å². The maximum atomic E-state index is 12.5. The van der Waals surface area contributed by atoms with Gasteiger partial charge in [0.15, 0.2) is 0 Å². The summed E-state index contributed by atoms with van der Waals surface area (Å²) in [7, 11) is 1.66. The second-order valence-electron chi connectivity index (χ2n) is 5.62. The molecule has 0 aliphatic carbocycles. The van der Waals surface area contributed by atoms with Gasteiger partial charge in [-0.2, -0.15) is 0 Å². The molecule has 1 rings (SSSR count). The van der Waals surface area contributed by atoms with Gasteiger partial charge in [0.25, 0.3) is 0 Å². The number of nitrogens with one attached hydrogen (secondary N) is 1. The summed E-state index contributed by atoms with van der Waals surface area (Å²) in [5.74, 6) is 0.898. The van der Waals surface area contributed by atoms with Crippen molar-refractivity contribution in [1.82, 2.24) is 5.32 Å². The van der Waals surface area contributed by atoms with Gasteiger partial charge in [0.05, 0.1) is 12.5 Å². The van der Waals surface area contributed by atoms with E-state index in [9.17, 15) is 4.79 Å². The van der Waals surface area contributed by atoms with Crippen molar-refractivity contribution < 1.29 is 9.53 Å². The smallest absolute Gasteiger partial charge is 0.227 e. The van der Waals surface area contributed by atoms with Gasteiger partial charge in [-0.25, -0.2) is 0 Å². The lowest BCUT2D eigenvalue weighted by Gasteiger charge is -2.30. The molecule has 1 atom stereocenters. The van der Waals surface area contributed by atoms with Gasteiger partial charge in [-0.3, -0.25) is 4.79 Å². The molecule has 0 saturated heterocycles. The number of nitrogens with two attached hydrogens (primary N) is 1. The first kappa shape index (κ1) is 17.5. The fourth-order valence-corrected chi connectivity index (χ4v) is 2.53. The molecular weight excluding hydrogens is 264 g/mol. The van der Waals surface area contributed by atoms with Gasteiger partial charge in [-0.05, 0) is 43.9 Å². The van der Waals surface area contributed by atoms with Crippen LogP contribution in [0.3, 0.4) is 0 Å². The minimum atomic E-state index is -0.442. The normalized spacial score (nSPS) is 12.8. The van der Waals surface area contributed by atoms with Crippen LogP contribution in [0.2, 0.25) is 0 Å².